The molecule has 0 saturated carbocycles. The van der Waals surface area contributed by atoms with Gasteiger partial charge in [0.15, 0.2) is 5.82 Å². The third-order valence-corrected chi connectivity index (χ3v) is 1.18. The minimum atomic E-state index is 0.412. The molecule has 1 rings (SSSR count). The van der Waals surface area contributed by atoms with E-state index in [4.69, 9.17) is 0 Å². The first kappa shape index (κ1) is 6.67. The van der Waals surface area contributed by atoms with E-state index in [9.17, 15) is 0 Å². The summed E-state index contributed by atoms with van der Waals surface area (Å²) in [4.78, 5) is 0.412. The fraction of sp³-hybridized carbons (Fsp3) is 0.750. The van der Waals surface area contributed by atoms with Crippen LogP contribution in [0.1, 0.15) is 12.7 Å². The van der Waals surface area contributed by atoms with Crippen LogP contribution in [0.15, 0.2) is 0 Å². The van der Waals surface area contributed by atoms with E-state index in [1.807, 2.05) is 6.92 Å². The average Bonchev–Trinajstić information content (AvgIpc) is 2.15. The van der Waals surface area contributed by atoms with Crippen molar-refractivity contribution in [3.8, 4) is 0 Å². The minimum Gasteiger partial charge on any atom is -0.177 e. The number of tetrazole rings is 1. The molecule has 5 heteroatoms. The highest BCUT2D eigenvalue weighted by atomic mass is 79.9. The van der Waals surface area contributed by atoms with E-state index in [0.717, 1.165) is 12.2 Å². The van der Waals surface area contributed by atoms with Gasteiger partial charge in [-0.2, -0.15) is 5.21 Å². The van der Waals surface area contributed by atoms with Gasteiger partial charge in [0.25, 0.3) is 0 Å². The molecule has 1 N–H and O–H groups in total. The Hall–Kier alpha value is -0.450. The number of hydrogen-bond donors (Lipinski definition) is 1. The summed E-state index contributed by atoms with van der Waals surface area (Å²) in [6, 6.07) is 0. The molecule has 0 aliphatic heterocycles. The molecule has 0 radical (unpaired) electrons. The third kappa shape index (κ3) is 2.09. The normalized spacial score (nSPS) is 13.6. The number of rotatable bonds is 2. The molecule has 0 amide bonds. The molecule has 1 unspecified atom stereocenters. The summed E-state index contributed by atoms with van der Waals surface area (Å²) in [5.41, 5.74) is 0. The van der Waals surface area contributed by atoms with Crippen LogP contribution in [0.25, 0.3) is 0 Å². The Morgan fingerprint density at radius 1 is 1.78 bits per heavy atom. The molecular weight excluding hydrogens is 184 g/mol. The molecule has 1 aromatic rings. The third-order valence-electron chi connectivity index (χ3n) is 0.853. The predicted octanol–water partition coefficient (Wildman–Crippen LogP) is 0.526. The highest BCUT2D eigenvalue weighted by molar-refractivity contribution is 9.09. The van der Waals surface area contributed by atoms with E-state index in [-0.39, 0.29) is 0 Å². The zero-order valence-corrected chi connectivity index (χ0v) is 6.59. The zero-order chi connectivity index (χ0) is 6.69. The van der Waals surface area contributed by atoms with Gasteiger partial charge in [-0.05, 0) is 0 Å². The van der Waals surface area contributed by atoms with Gasteiger partial charge >= 0.3 is 0 Å². The lowest BCUT2D eigenvalue weighted by molar-refractivity contribution is 0.865. The quantitative estimate of drug-likeness (QED) is 0.693. The summed E-state index contributed by atoms with van der Waals surface area (Å²) in [5.74, 6) is 0.749. The van der Waals surface area contributed by atoms with Crippen LogP contribution in [0.3, 0.4) is 0 Å². The molecule has 1 aromatic heterocycles. The number of halogens is 1. The first-order chi connectivity index (χ1) is 4.29. The molecule has 1 heterocycles. The zero-order valence-electron chi connectivity index (χ0n) is 5.00. The van der Waals surface area contributed by atoms with Crippen LogP contribution in [-0.4, -0.2) is 25.5 Å². The number of H-pyrrole nitrogens is 1. The first-order valence-corrected chi connectivity index (χ1v) is 3.57. The Labute approximate surface area is 61.2 Å². The molecule has 50 valence electrons. The van der Waals surface area contributed by atoms with Crippen LogP contribution in [0, 0.1) is 0 Å². The minimum absolute atomic E-state index is 0.412. The highest BCUT2D eigenvalue weighted by Crippen LogP contribution is 2.02. The molecule has 0 aromatic carbocycles. The smallest absolute Gasteiger partial charge is 0.175 e. The lowest BCUT2D eigenvalue weighted by Gasteiger charge is -1.93. The van der Waals surface area contributed by atoms with Crippen LogP contribution in [-0.2, 0) is 6.42 Å². The SMILES string of the molecule is CC(Br)Cc1nn[nH]n1. The molecule has 0 aliphatic rings. The topological polar surface area (TPSA) is 54.5 Å². The number of hydrogen-bond acceptors (Lipinski definition) is 3. The van der Waals surface area contributed by atoms with Crippen molar-refractivity contribution < 1.29 is 0 Å². The summed E-state index contributed by atoms with van der Waals surface area (Å²) < 4.78 is 0. The lowest BCUT2D eigenvalue weighted by atomic mass is 10.3. The van der Waals surface area contributed by atoms with Gasteiger partial charge in [0.2, 0.25) is 0 Å². The van der Waals surface area contributed by atoms with Crippen LogP contribution in [0.2, 0.25) is 0 Å². The first-order valence-electron chi connectivity index (χ1n) is 2.65. The summed E-state index contributed by atoms with van der Waals surface area (Å²) >= 11 is 3.37. The second-order valence-electron chi connectivity index (χ2n) is 1.81. The van der Waals surface area contributed by atoms with Crippen LogP contribution < -0.4 is 0 Å². The van der Waals surface area contributed by atoms with E-state index in [1.165, 1.54) is 0 Å². The average molecular weight is 191 g/mol. The van der Waals surface area contributed by atoms with E-state index in [2.05, 4.69) is 36.6 Å². The second-order valence-corrected chi connectivity index (χ2v) is 3.38. The van der Waals surface area contributed by atoms with Gasteiger partial charge in [-0.25, -0.2) is 0 Å². The van der Waals surface area contributed by atoms with E-state index < -0.39 is 0 Å². The molecule has 4 nitrogen and oxygen atoms in total. The van der Waals surface area contributed by atoms with Gasteiger partial charge in [0, 0.05) is 11.2 Å². The largest absolute Gasteiger partial charge is 0.177 e. The van der Waals surface area contributed by atoms with Crippen LogP contribution in [0.4, 0.5) is 0 Å². The van der Waals surface area contributed by atoms with E-state index in [0.29, 0.717) is 4.83 Å². The maximum Gasteiger partial charge on any atom is 0.175 e. The Morgan fingerprint density at radius 3 is 3.00 bits per heavy atom. The summed E-state index contributed by atoms with van der Waals surface area (Å²) in [7, 11) is 0. The van der Waals surface area contributed by atoms with Crippen molar-refractivity contribution in [3.63, 3.8) is 0 Å². The van der Waals surface area contributed by atoms with Gasteiger partial charge in [-0.1, -0.05) is 28.1 Å². The highest BCUT2D eigenvalue weighted by Gasteiger charge is 2.01. The van der Waals surface area contributed by atoms with E-state index in [1.54, 1.807) is 0 Å². The summed E-state index contributed by atoms with van der Waals surface area (Å²) in [6.45, 7) is 2.04. The summed E-state index contributed by atoms with van der Waals surface area (Å²) in [6.07, 6.45) is 0.816. The number of nitrogens with one attached hydrogen (secondary N) is 1. The molecule has 0 fully saturated rings. The molecule has 1 atom stereocenters. The fourth-order valence-corrected chi connectivity index (χ4v) is 0.810. The van der Waals surface area contributed by atoms with Gasteiger partial charge in [0.05, 0.1) is 0 Å². The second kappa shape index (κ2) is 2.91. The van der Waals surface area contributed by atoms with Gasteiger partial charge < -0.3 is 0 Å². The number of aromatic nitrogens is 4. The van der Waals surface area contributed by atoms with Crippen molar-refractivity contribution in [3.05, 3.63) is 5.82 Å². The van der Waals surface area contributed by atoms with Crippen molar-refractivity contribution in [1.29, 1.82) is 0 Å². The van der Waals surface area contributed by atoms with Crippen LogP contribution in [0.5, 0.6) is 0 Å². The maximum absolute atomic E-state index is 3.78. The Morgan fingerprint density at radius 2 is 2.56 bits per heavy atom. The van der Waals surface area contributed by atoms with Crippen molar-refractivity contribution in [1.82, 2.24) is 20.6 Å². The van der Waals surface area contributed by atoms with Crippen molar-refractivity contribution in [2.75, 3.05) is 0 Å². The molecule has 0 bridgehead atoms. The van der Waals surface area contributed by atoms with Gasteiger partial charge in [-0.3, -0.25) is 0 Å². The lowest BCUT2D eigenvalue weighted by Crippen LogP contribution is -1.98. The van der Waals surface area contributed by atoms with Gasteiger partial charge in [-0.15, -0.1) is 10.2 Å². The summed E-state index contributed by atoms with van der Waals surface area (Å²) in [5, 5.41) is 13.4. The Kier molecular flexibility index (Phi) is 2.16. The fourth-order valence-electron chi connectivity index (χ4n) is 0.521. The Balaban J connectivity index is 2.48. The number of nitrogens with zero attached hydrogens (tertiary/aromatic N) is 3. The molecule has 0 aliphatic carbocycles. The van der Waals surface area contributed by atoms with Crippen molar-refractivity contribution in [2.24, 2.45) is 0 Å². The molecular formula is C4H7BrN4. The standard InChI is InChI=1S/C4H7BrN4/c1-3(5)2-4-6-8-9-7-4/h3H,2H2,1H3,(H,6,7,8,9). The number of aromatic amines is 1. The predicted molar refractivity (Wildman–Crippen MR) is 36.3 cm³/mol. The van der Waals surface area contributed by atoms with Crippen molar-refractivity contribution in [2.45, 2.75) is 18.2 Å². The monoisotopic (exact) mass is 190 g/mol. The molecule has 9 heavy (non-hydrogen) atoms. The maximum atomic E-state index is 3.78. The Bertz CT molecular complexity index is 159. The van der Waals surface area contributed by atoms with E-state index >= 15 is 0 Å². The molecule has 0 saturated heterocycles. The van der Waals surface area contributed by atoms with Crippen LogP contribution >= 0.6 is 15.9 Å². The molecule has 0 spiro atoms. The number of alkyl halides is 1. The van der Waals surface area contributed by atoms with Crippen molar-refractivity contribution >= 4 is 15.9 Å². The van der Waals surface area contributed by atoms with Gasteiger partial charge in [0.1, 0.15) is 0 Å².